The molecule has 0 saturated carbocycles. The van der Waals surface area contributed by atoms with Crippen LogP contribution in [0.1, 0.15) is 23.8 Å². The van der Waals surface area contributed by atoms with E-state index in [1.165, 1.54) is 10.7 Å². The fourth-order valence-corrected chi connectivity index (χ4v) is 0.896. The Morgan fingerprint density at radius 3 is 2.92 bits per heavy atom. The Balaban J connectivity index is 2.77. The zero-order valence-electron chi connectivity index (χ0n) is 7.65. The van der Waals surface area contributed by atoms with Gasteiger partial charge in [0.15, 0.2) is 5.69 Å². The average molecular weight is 184 g/mol. The van der Waals surface area contributed by atoms with Crippen molar-refractivity contribution in [3.05, 3.63) is 11.8 Å². The van der Waals surface area contributed by atoms with Gasteiger partial charge in [0.2, 0.25) is 5.88 Å². The molecule has 72 valence electrons. The minimum atomic E-state index is -1.04. The SMILES string of the molecule is CCCOc1cc(C(=O)O)nn1C. The monoisotopic (exact) mass is 184 g/mol. The van der Waals surface area contributed by atoms with Crippen molar-refractivity contribution in [1.82, 2.24) is 9.78 Å². The third-order valence-corrected chi connectivity index (χ3v) is 1.51. The smallest absolute Gasteiger partial charge is 0.356 e. The van der Waals surface area contributed by atoms with Crippen LogP contribution >= 0.6 is 0 Å². The largest absolute Gasteiger partial charge is 0.478 e. The average Bonchev–Trinajstić information content (AvgIpc) is 2.44. The van der Waals surface area contributed by atoms with Crippen molar-refractivity contribution >= 4 is 5.97 Å². The highest BCUT2D eigenvalue weighted by Gasteiger charge is 2.11. The molecule has 1 rings (SSSR count). The number of aromatic carboxylic acids is 1. The lowest BCUT2D eigenvalue weighted by atomic mass is 10.4. The van der Waals surface area contributed by atoms with Crippen LogP contribution in [0.2, 0.25) is 0 Å². The van der Waals surface area contributed by atoms with Crippen molar-refractivity contribution in [1.29, 1.82) is 0 Å². The second-order valence-corrected chi connectivity index (χ2v) is 2.65. The van der Waals surface area contributed by atoms with E-state index in [0.29, 0.717) is 12.5 Å². The number of hydrogen-bond acceptors (Lipinski definition) is 3. The van der Waals surface area contributed by atoms with Gasteiger partial charge in [-0.15, -0.1) is 0 Å². The molecule has 0 atom stereocenters. The molecule has 1 aromatic rings. The second kappa shape index (κ2) is 3.93. The lowest BCUT2D eigenvalue weighted by Gasteiger charge is -2.02. The van der Waals surface area contributed by atoms with E-state index >= 15 is 0 Å². The van der Waals surface area contributed by atoms with E-state index in [0.717, 1.165) is 6.42 Å². The Hall–Kier alpha value is -1.52. The first-order valence-electron chi connectivity index (χ1n) is 4.05. The summed E-state index contributed by atoms with van der Waals surface area (Å²) in [4.78, 5) is 10.5. The van der Waals surface area contributed by atoms with Crippen molar-refractivity contribution in [2.45, 2.75) is 13.3 Å². The maximum absolute atomic E-state index is 10.5. The third kappa shape index (κ3) is 2.21. The van der Waals surface area contributed by atoms with E-state index in [1.807, 2.05) is 6.92 Å². The Labute approximate surface area is 75.9 Å². The van der Waals surface area contributed by atoms with Gasteiger partial charge in [-0.2, -0.15) is 5.10 Å². The lowest BCUT2D eigenvalue weighted by molar-refractivity contribution is 0.0689. The van der Waals surface area contributed by atoms with E-state index < -0.39 is 5.97 Å². The number of carboxylic acids is 1. The summed E-state index contributed by atoms with van der Waals surface area (Å²) in [5.41, 5.74) is 0.00797. The third-order valence-electron chi connectivity index (χ3n) is 1.51. The molecular weight excluding hydrogens is 172 g/mol. The van der Waals surface area contributed by atoms with Crippen LogP contribution in [-0.2, 0) is 7.05 Å². The van der Waals surface area contributed by atoms with Crippen LogP contribution < -0.4 is 4.74 Å². The molecular formula is C8H12N2O3. The molecule has 5 heteroatoms. The first kappa shape index (κ1) is 9.57. The molecule has 0 amide bonds. The summed E-state index contributed by atoms with van der Waals surface area (Å²) in [6, 6.07) is 1.41. The van der Waals surface area contributed by atoms with E-state index in [1.54, 1.807) is 7.05 Å². The zero-order chi connectivity index (χ0) is 9.84. The molecule has 0 aromatic carbocycles. The number of hydrogen-bond donors (Lipinski definition) is 1. The number of carbonyl (C=O) groups is 1. The van der Waals surface area contributed by atoms with Gasteiger partial charge in [0.1, 0.15) is 0 Å². The van der Waals surface area contributed by atoms with Gasteiger partial charge in [-0.1, -0.05) is 6.92 Å². The molecule has 1 N–H and O–H groups in total. The van der Waals surface area contributed by atoms with E-state index in [9.17, 15) is 4.79 Å². The normalized spacial score (nSPS) is 10.0. The summed E-state index contributed by atoms with van der Waals surface area (Å²) in [6.07, 6.45) is 0.883. The predicted molar refractivity (Wildman–Crippen MR) is 46.0 cm³/mol. The van der Waals surface area contributed by atoms with Gasteiger partial charge in [-0.3, -0.25) is 0 Å². The summed E-state index contributed by atoms with van der Waals surface area (Å²) in [6.45, 7) is 2.55. The summed E-state index contributed by atoms with van der Waals surface area (Å²) in [5, 5.41) is 12.4. The number of carboxylic acid groups (broad SMARTS) is 1. The van der Waals surface area contributed by atoms with E-state index in [-0.39, 0.29) is 5.69 Å². The Kier molecular flexibility index (Phi) is 2.89. The van der Waals surface area contributed by atoms with Gasteiger partial charge in [0.25, 0.3) is 0 Å². The molecule has 0 saturated heterocycles. The molecule has 1 heterocycles. The van der Waals surface area contributed by atoms with Crippen LogP contribution in [0, 0.1) is 0 Å². The van der Waals surface area contributed by atoms with Crippen LogP contribution in [0.25, 0.3) is 0 Å². The van der Waals surface area contributed by atoms with Crippen LogP contribution in [0.15, 0.2) is 6.07 Å². The fraction of sp³-hybridized carbons (Fsp3) is 0.500. The van der Waals surface area contributed by atoms with Crippen molar-refractivity contribution in [2.75, 3.05) is 6.61 Å². The van der Waals surface area contributed by atoms with E-state index in [4.69, 9.17) is 9.84 Å². The highest BCUT2D eigenvalue weighted by Crippen LogP contribution is 2.11. The maximum atomic E-state index is 10.5. The standard InChI is InChI=1S/C8H12N2O3/c1-3-4-13-7-5-6(8(11)12)9-10(7)2/h5H,3-4H2,1-2H3,(H,11,12). The van der Waals surface area contributed by atoms with Crippen molar-refractivity contribution in [3.63, 3.8) is 0 Å². The summed E-state index contributed by atoms with van der Waals surface area (Å²) < 4.78 is 6.67. The molecule has 0 bridgehead atoms. The predicted octanol–water partition coefficient (Wildman–Crippen LogP) is 0.907. The highest BCUT2D eigenvalue weighted by atomic mass is 16.5. The van der Waals surface area contributed by atoms with Crippen LogP contribution in [0.4, 0.5) is 0 Å². The van der Waals surface area contributed by atoms with Crippen molar-refractivity contribution in [2.24, 2.45) is 7.05 Å². The highest BCUT2D eigenvalue weighted by molar-refractivity contribution is 5.85. The summed E-state index contributed by atoms with van der Waals surface area (Å²) in [5.74, 6) is -0.554. The lowest BCUT2D eigenvalue weighted by Crippen LogP contribution is -2.01. The number of ether oxygens (including phenoxy) is 1. The molecule has 0 aliphatic heterocycles. The topological polar surface area (TPSA) is 64.3 Å². The van der Waals surface area contributed by atoms with Crippen LogP contribution in [0.5, 0.6) is 5.88 Å². The molecule has 0 spiro atoms. The van der Waals surface area contributed by atoms with Crippen LogP contribution in [0.3, 0.4) is 0 Å². The van der Waals surface area contributed by atoms with Gasteiger partial charge in [-0.05, 0) is 6.42 Å². The van der Waals surface area contributed by atoms with Gasteiger partial charge < -0.3 is 9.84 Å². The molecule has 13 heavy (non-hydrogen) atoms. The molecule has 0 radical (unpaired) electrons. The molecule has 0 unspecified atom stereocenters. The number of rotatable bonds is 4. The minimum Gasteiger partial charge on any atom is -0.478 e. The number of aromatic nitrogens is 2. The van der Waals surface area contributed by atoms with Gasteiger partial charge in [-0.25, -0.2) is 9.48 Å². The van der Waals surface area contributed by atoms with Gasteiger partial charge in [0.05, 0.1) is 6.61 Å². The first-order valence-corrected chi connectivity index (χ1v) is 4.05. The Bertz CT molecular complexity index is 306. The fourth-order valence-electron chi connectivity index (χ4n) is 0.896. The summed E-state index contributed by atoms with van der Waals surface area (Å²) >= 11 is 0. The van der Waals surface area contributed by atoms with Gasteiger partial charge in [0, 0.05) is 13.1 Å². The van der Waals surface area contributed by atoms with Gasteiger partial charge >= 0.3 is 5.97 Å². The number of aryl methyl sites for hydroxylation is 1. The van der Waals surface area contributed by atoms with E-state index in [2.05, 4.69) is 5.10 Å². The molecule has 0 aliphatic rings. The Morgan fingerprint density at radius 1 is 1.77 bits per heavy atom. The minimum absolute atomic E-state index is 0.00797. The molecule has 0 fully saturated rings. The van der Waals surface area contributed by atoms with Crippen molar-refractivity contribution < 1.29 is 14.6 Å². The quantitative estimate of drug-likeness (QED) is 0.755. The zero-order valence-corrected chi connectivity index (χ0v) is 7.65. The molecule has 0 aliphatic carbocycles. The molecule has 1 aromatic heterocycles. The Morgan fingerprint density at radius 2 is 2.46 bits per heavy atom. The maximum Gasteiger partial charge on any atom is 0.356 e. The summed E-state index contributed by atoms with van der Waals surface area (Å²) in [7, 11) is 1.65. The molecule has 5 nitrogen and oxygen atoms in total. The first-order chi connectivity index (χ1) is 6.15. The van der Waals surface area contributed by atoms with Crippen molar-refractivity contribution in [3.8, 4) is 5.88 Å². The van der Waals surface area contributed by atoms with Crippen LogP contribution in [-0.4, -0.2) is 27.5 Å². The second-order valence-electron chi connectivity index (χ2n) is 2.65. The number of nitrogens with zero attached hydrogens (tertiary/aromatic N) is 2.